The van der Waals surface area contributed by atoms with Crippen molar-refractivity contribution in [1.82, 2.24) is 4.57 Å². The fourth-order valence-corrected chi connectivity index (χ4v) is 3.79. The molecule has 0 radical (unpaired) electrons. The highest BCUT2D eigenvalue weighted by Gasteiger charge is 2.13. The molecule has 138 valence electrons. The molecule has 0 unspecified atom stereocenters. The van der Waals surface area contributed by atoms with Gasteiger partial charge in [0.2, 0.25) is 0 Å². The molecule has 0 fully saturated rings. The van der Waals surface area contributed by atoms with E-state index >= 15 is 0 Å². The van der Waals surface area contributed by atoms with Crippen molar-refractivity contribution in [3.05, 3.63) is 99.1 Å². The van der Waals surface area contributed by atoms with E-state index in [4.69, 9.17) is 16.3 Å². The summed E-state index contributed by atoms with van der Waals surface area (Å²) in [4.78, 5) is 24.6. The van der Waals surface area contributed by atoms with Crippen LogP contribution in [0.1, 0.15) is 10.4 Å². The van der Waals surface area contributed by atoms with Crippen LogP contribution in [0.4, 0.5) is 0 Å². The molecule has 4 nitrogen and oxygen atoms in total. The zero-order valence-electron chi connectivity index (χ0n) is 14.5. The van der Waals surface area contributed by atoms with Crippen LogP contribution in [-0.2, 0) is 0 Å². The van der Waals surface area contributed by atoms with Gasteiger partial charge in [-0.1, -0.05) is 59.3 Å². The molecule has 1 aromatic heterocycles. The quantitative estimate of drug-likeness (QED) is 0.398. The Morgan fingerprint density at radius 2 is 1.75 bits per heavy atom. The maximum absolute atomic E-state index is 12.7. The van der Waals surface area contributed by atoms with E-state index in [1.807, 2.05) is 54.6 Å². The average molecular weight is 408 g/mol. The molecule has 0 saturated heterocycles. The first-order chi connectivity index (χ1) is 13.6. The van der Waals surface area contributed by atoms with E-state index < -0.39 is 5.91 Å². The van der Waals surface area contributed by atoms with Gasteiger partial charge in [0.05, 0.1) is 10.2 Å². The van der Waals surface area contributed by atoms with E-state index in [0.717, 1.165) is 21.5 Å². The molecule has 0 amide bonds. The maximum atomic E-state index is 12.7. The van der Waals surface area contributed by atoms with Crippen molar-refractivity contribution in [1.29, 1.82) is 0 Å². The predicted molar refractivity (Wildman–Crippen MR) is 114 cm³/mol. The third-order valence-electron chi connectivity index (χ3n) is 4.06. The Morgan fingerprint density at radius 1 is 1.00 bits per heavy atom. The molecule has 4 aromatic rings. The minimum Gasteiger partial charge on any atom is -0.457 e. The lowest BCUT2D eigenvalue weighted by molar-refractivity contribution is 0.0972. The summed E-state index contributed by atoms with van der Waals surface area (Å²) >= 11 is 7.03. The molecule has 0 aliphatic heterocycles. The highest BCUT2D eigenvalue weighted by atomic mass is 35.5. The highest BCUT2D eigenvalue weighted by molar-refractivity contribution is 7.16. The van der Waals surface area contributed by atoms with Crippen molar-refractivity contribution in [3.8, 4) is 11.5 Å². The number of para-hydroxylation sites is 2. The van der Waals surface area contributed by atoms with Crippen LogP contribution >= 0.6 is 22.9 Å². The van der Waals surface area contributed by atoms with Crippen LogP contribution < -0.4 is 9.61 Å². The number of hydrogen-bond acceptors (Lipinski definition) is 4. The second kappa shape index (κ2) is 7.84. The summed E-state index contributed by atoms with van der Waals surface area (Å²) in [5.41, 5.74) is 1.23. The monoisotopic (exact) mass is 407 g/mol. The number of ether oxygens (including phenoxy) is 1. The largest absolute Gasteiger partial charge is 0.457 e. The van der Waals surface area contributed by atoms with Crippen LogP contribution in [0.3, 0.4) is 0 Å². The van der Waals surface area contributed by atoms with Crippen molar-refractivity contribution in [2.24, 2.45) is 0 Å². The minimum atomic E-state index is -0.437. The summed E-state index contributed by atoms with van der Waals surface area (Å²) in [5.74, 6) is 0.876. The number of aromatic nitrogens is 1. The minimum absolute atomic E-state index is 0.347. The first-order valence-electron chi connectivity index (χ1n) is 8.47. The molecule has 28 heavy (non-hydrogen) atoms. The molecule has 3 aromatic carbocycles. The summed E-state index contributed by atoms with van der Waals surface area (Å²) in [6.45, 7) is 0. The van der Waals surface area contributed by atoms with Gasteiger partial charge < -0.3 is 4.74 Å². The molecule has 1 heterocycles. The standard InChI is InChI=1S/C22H14ClNO3S/c23-16-11-12-20-18(14-16)24(22(26)28-20)21(25)13-10-15-6-4-5-9-19(15)27-17-7-2-1-3-8-17/h1-14H. The molecule has 0 aliphatic carbocycles. The number of halogens is 1. The number of nitrogens with zero attached hydrogens (tertiary/aromatic N) is 1. The van der Waals surface area contributed by atoms with Gasteiger partial charge in [0.1, 0.15) is 11.5 Å². The third-order valence-corrected chi connectivity index (χ3v) is 5.22. The maximum Gasteiger partial charge on any atom is 0.315 e. The lowest BCUT2D eigenvalue weighted by Crippen LogP contribution is -2.19. The predicted octanol–water partition coefficient (Wildman–Crippen LogP) is 5.86. The van der Waals surface area contributed by atoms with Gasteiger partial charge in [0, 0.05) is 16.7 Å². The highest BCUT2D eigenvalue weighted by Crippen LogP contribution is 2.26. The van der Waals surface area contributed by atoms with E-state index in [9.17, 15) is 9.59 Å². The smallest absolute Gasteiger partial charge is 0.315 e. The number of benzene rings is 3. The molecule has 0 N–H and O–H groups in total. The first-order valence-corrected chi connectivity index (χ1v) is 9.67. The third kappa shape index (κ3) is 3.76. The zero-order chi connectivity index (χ0) is 19.5. The molecular formula is C22H14ClNO3S. The van der Waals surface area contributed by atoms with Crippen molar-refractivity contribution >= 4 is 45.1 Å². The Labute approximate surface area is 169 Å². The van der Waals surface area contributed by atoms with Gasteiger partial charge in [-0.2, -0.15) is 0 Å². The lowest BCUT2D eigenvalue weighted by Gasteiger charge is -2.08. The summed E-state index contributed by atoms with van der Waals surface area (Å²) < 4.78 is 7.74. The SMILES string of the molecule is O=C(C=Cc1ccccc1Oc1ccccc1)n1c(=O)sc2ccc(Cl)cc21. The lowest BCUT2D eigenvalue weighted by atomic mass is 10.2. The van der Waals surface area contributed by atoms with Crippen LogP contribution in [0, 0.1) is 0 Å². The fourth-order valence-electron chi connectivity index (χ4n) is 2.76. The van der Waals surface area contributed by atoms with Gasteiger partial charge in [-0.15, -0.1) is 0 Å². The normalized spacial score (nSPS) is 11.2. The summed E-state index contributed by atoms with van der Waals surface area (Å²) in [6.07, 6.45) is 3.00. The van der Waals surface area contributed by atoms with Crippen LogP contribution in [0.2, 0.25) is 5.02 Å². The zero-order valence-corrected chi connectivity index (χ0v) is 16.1. The molecule has 0 atom stereocenters. The number of rotatable bonds is 4. The molecule has 0 spiro atoms. The Bertz CT molecular complexity index is 1240. The van der Waals surface area contributed by atoms with Crippen molar-refractivity contribution in [2.75, 3.05) is 0 Å². The van der Waals surface area contributed by atoms with Crippen LogP contribution in [0.5, 0.6) is 11.5 Å². The van der Waals surface area contributed by atoms with Crippen LogP contribution in [0.15, 0.2) is 83.7 Å². The Balaban J connectivity index is 1.65. The number of allylic oxidation sites excluding steroid dienone is 1. The van der Waals surface area contributed by atoms with Crippen LogP contribution in [-0.4, -0.2) is 10.5 Å². The first kappa shape index (κ1) is 18.2. The van der Waals surface area contributed by atoms with Crippen molar-refractivity contribution in [3.63, 3.8) is 0 Å². The number of fused-ring (bicyclic) bond motifs is 1. The van der Waals surface area contributed by atoms with Gasteiger partial charge in [0.25, 0.3) is 5.91 Å². The Morgan fingerprint density at radius 3 is 2.57 bits per heavy atom. The summed E-state index contributed by atoms with van der Waals surface area (Å²) in [6, 6.07) is 21.8. The van der Waals surface area contributed by atoms with Gasteiger partial charge >= 0.3 is 4.87 Å². The number of thiazole rings is 1. The van der Waals surface area contributed by atoms with E-state index in [0.29, 0.717) is 26.7 Å². The van der Waals surface area contributed by atoms with E-state index in [1.54, 1.807) is 24.3 Å². The molecule has 0 aliphatic rings. The topological polar surface area (TPSA) is 48.3 Å². The average Bonchev–Trinajstić information content (AvgIpc) is 3.03. The van der Waals surface area contributed by atoms with Crippen molar-refractivity contribution in [2.45, 2.75) is 0 Å². The Kier molecular flexibility index (Phi) is 5.10. The number of carbonyl (C=O) groups is 1. The second-order valence-electron chi connectivity index (χ2n) is 5.94. The van der Waals surface area contributed by atoms with Crippen LogP contribution in [0.25, 0.3) is 16.3 Å². The molecule has 0 saturated carbocycles. The molecule has 4 rings (SSSR count). The van der Waals surface area contributed by atoms with Gasteiger partial charge in [-0.25, -0.2) is 4.57 Å². The van der Waals surface area contributed by atoms with Gasteiger partial charge in [0.15, 0.2) is 0 Å². The number of hydrogen-bond donors (Lipinski definition) is 0. The molecule has 0 bridgehead atoms. The van der Waals surface area contributed by atoms with E-state index in [1.165, 1.54) is 6.08 Å². The summed E-state index contributed by atoms with van der Waals surface area (Å²) in [5, 5.41) is 0.470. The van der Waals surface area contributed by atoms with E-state index in [-0.39, 0.29) is 4.87 Å². The molecule has 6 heteroatoms. The Hall–Kier alpha value is -3.15. The van der Waals surface area contributed by atoms with Gasteiger partial charge in [-0.05, 0) is 42.5 Å². The van der Waals surface area contributed by atoms with Gasteiger partial charge in [-0.3, -0.25) is 9.59 Å². The fraction of sp³-hybridized carbons (Fsp3) is 0. The molecular weight excluding hydrogens is 394 g/mol. The van der Waals surface area contributed by atoms with Crippen molar-refractivity contribution < 1.29 is 9.53 Å². The number of carbonyl (C=O) groups excluding carboxylic acids is 1. The second-order valence-corrected chi connectivity index (χ2v) is 7.37. The van der Waals surface area contributed by atoms with E-state index in [2.05, 4.69) is 0 Å². The summed E-state index contributed by atoms with van der Waals surface area (Å²) in [7, 11) is 0.